The molecule has 0 atom stereocenters. The molecular formula is C27H28N6O. The molecule has 0 spiro atoms. The Hall–Kier alpha value is -3.68. The summed E-state index contributed by atoms with van der Waals surface area (Å²) in [5.41, 5.74) is 14.6. The lowest BCUT2D eigenvalue weighted by Gasteiger charge is -2.26. The smallest absolute Gasteiger partial charge is 0.180 e. The molecular weight excluding hydrogens is 424 g/mol. The van der Waals surface area contributed by atoms with E-state index in [2.05, 4.69) is 75.3 Å². The molecule has 0 amide bonds. The average Bonchev–Trinajstić information content (AvgIpc) is 3.44. The molecule has 2 aromatic carbocycles. The van der Waals surface area contributed by atoms with Gasteiger partial charge in [0.25, 0.3) is 0 Å². The predicted molar refractivity (Wildman–Crippen MR) is 136 cm³/mol. The number of imidazole rings is 1. The van der Waals surface area contributed by atoms with Gasteiger partial charge in [0.2, 0.25) is 0 Å². The third-order valence-electron chi connectivity index (χ3n) is 6.51. The van der Waals surface area contributed by atoms with Crippen LogP contribution in [0.5, 0.6) is 0 Å². The molecule has 34 heavy (non-hydrogen) atoms. The van der Waals surface area contributed by atoms with Gasteiger partial charge in [-0.1, -0.05) is 35.9 Å². The van der Waals surface area contributed by atoms with E-state index >= 15 is 0 Å². The third-order valence-corrected chi connectivity index (χ3v) is 6.51. The summed E-state index contributed by atoms with van der Waals surface area (Å²) >= 11 is 0. The van der Waals surface area contributed by atoms with Crippen LogP contribution in [0, 0.1) is 6.92 Å². The Morgan fingerprint density at radius 3 is 2.56 bits per heavy atom. The molecule has 6 rings (SSSR count). The Bertz CT molecular complexity index is 1460. The van der Waals surface area contributed by atoms with Crippen molar-refractivity contribution in [1.29, 1.82) is 0 Å². The van der Waals surface area contributed by atoms with Gasteiger partial charge >= 0.3 is 0 Å². The Balaban J connectivity index is 1.33. The third kappa shape index (κ3) is 4.16. The predicted octanol–water partition coefficient (Wildman–Crippen LogP) is 4.42. The molecule has 1 saturated heterocycles. The van der Waals surface area contributed by atoms with Crippen molar-refractivity contribution < 1.29 is 4.74 Å². The highest BCUT2D eigenvalue weighted by molar-refractivity contribution is 5.95. The fraction of sp³-hybridized carbons (Fsp3) is 0.259. The highest BCUT2D eigenvalue weighted by atomic mass is 16.5. The largest absolute Gasteiger partial charge is 0.384 e. The SMILES string of the molecule is Cc1ccc(Cc2nc3nc(N)cc(-c4cc5cc(CN6CCOCC6)ccc5[nH]4)c3[nH]2)cc1. The highest BCUT2D eigenvalue weighted by Crippen LogP contribution is 2.31. The van der Waals surface area contributed by atoms with Crippen LogP contribution in [0.3, 0.4) is 0 Å². The molecule has 1 aliphatic rings. The number of morpholine rings is 1. The van der Waals surface area contributed by atoms with Crippen molar-refractivity contribution in [1.82, 2.24) is 24.8 Å². The van der Waals surface area contributed by atoms with Crippen LogP contribution in [0.15, 0.2) is 54.6 Å². The van der Waals surface area contributed by atoms with Crippen molar-refractivity contribution in [3.05, 3.63) is 77.1 Å². The van der Waals surface area contributed by atoms with Gasteiger partial charge in [0.15, 0.2) is 5.65 Å². The first kappa shape index (κ1) is 20.9. The maximum atomic E-state index is 6.17. The number of nitrogens with two attached hydrogens (primary N) is 1. The number of aryl methyl sites for hydroxylation is 1. The van der Waals surface area contributed by atoms with Crippen LogP contribution in [-0.4, -0.2) is 51.1 Å². The van der Waals surface area contributed by atoms with Gasteiger partial charge in [0.1, 0.15) is 11.6 Å². The van der Waals surface area contributed by atoms with Crippen LogP contribution < -0.4 is 5.73 Å². The molecule has 0 unspecified atom stereocenters. The van der Waals surface area contributed by atoms with Gasteiger partial charge in [-0.3, -0.25) is 4.90 Å². The number of anilines is 1. The Labute approximate surface area is 198 Å². The Kier molecular flexibility index (Phi) is 5.28. The first-order valence-electron chi connectivity index (χ1n) is 11.7. The lowest BCUT2D eigenvalue weighted by atomic mass is 10.1. The summed E-state index contributed by atoms with van der Waals surface area (Å²) in [5, 5.41) is 1.18. The number of pyridine rings is 1. The van der Waals surface area contributed by atoms with Crippen LogP contribution in [0.1, 0.15) is 22.5 Å². The van der Waals surface area contributed by atoms with Crippen molar-refractivity contribution in [2.45, 2.75) is 19.9 Å². The normalized spacial score (nSPS) is 14.9. The summed E-state index contributed by atoms with van der Waals surface area (Å²) in [7, 11) is 0. The quantitative estimate of drug-likeness (QED) is 0.367. The molecule has 3 aromatic heterocycles. The Morgan fingerprint density at radius 2 is 1.74 bits per heavy atom. The number of benzene rings is 2. The number of nitrogen functional groups attached to an aromatic ring is 1. The van der Waals surface area contributed by atoms with Gasteiger partial charge in [-0.15, -0.1) is 0 Å². The highest BCUT2D eigenvalue weighted by Gasteiger charge is 2.15. The molecule has 1 aliphatic heterocycles. The number of H-pyrrole nitrogens is 2. The molecule has 0 aliphatic carbocycles. The zero-order chi connectivity index (χ0) is 23.1. The van der Waals surface area contributed by atoms with E-state index < -0.39 is 0 Å². The number of aromatic amines is 2. The second-order valence-electron chi connectivity index (χ2n) is 9.13. The summed E-state index contributed by atoms with van der Waals surface area (Å²) in [5.74, 6) is 1.34. The van der Waals surface area contributed by atoms with Gasteiger partial charge in [-0.05, 0) is 42.3 Å². The van der Waals surface area contributed by atoms with Crippen LogP contribution >= 0.6 is 0 Å². The van der Waals surface area contributed by atoms with E-state index in [0.717, 1.165) is 61.0 Å². The van der Waals surface area contributed by atoms with Gasteiger partial charge in [-0.25, -0.2) is 9.97 Å². The fourth-order valence-electron chi connectivity index (χ4n) is 4.69. The molecule has 172 valence electrons. The molecule has 0 saturated carbocycles. The van der Waals surface area contributed by atoms with Gasteiger partial charge in [0.05, 0.1) is 18.7 Å². The van der Waals surface area contributed by atoms with Crippen LogP contribution in [0.25, 0.3) is 33.3 Å². The van der Waals surface area contributed by atoms with E-state index in [1.54, 1.807) is 0 Å². The summed E-state index contributed by atoms with van der Waals surface area (Å²) in [6.07, 6.45) is 0.716. The number of hydrogen-bond acceptors (Lipinski definition) is 5. The summed E-state index contributed by atoms with van der Waals surface area (Å²) in [6, 6.07) is 19.2. The van der Waals surface area contributed by atoms with E-state index in [1.165, 1.54) is 22.1 Å². The van der Waals surface area contributed by atoms with Crippen molar-refractivity contribution in [3.63, 3.8) is 0 Å². The van der Waals surface area contributed by atoms with Crippen molar-refractivity contribution in [3.8, 4) is 11.3 Å². The molecule has 0 radical (unpaired) electrons. The Morgan fingerprint density at radius 1 is 0.941 bits per heavy atom. The first-order chi connectivity index (χ1) is 16.6. The monoisotopic (exact) mass is 452 g/mol. The molecule has 5 aromatic rings. The van der Waals surface area contributed by atoms with Gasteiger partial charge < -0.3 is 20.4 Å². The summed E-state index contributed by atoms with van der Waals surface area (Å²) in [4.78, 5) is 18.7. The number of nitrogens with zero attached hydrogens (tertiary/aromatic N) is 3. The number of aromatic nitrogens is 4. The van der Waals surface area contributed by atoms with Crippen LogP contribution in [0.2, 0.25) is 0 Å². The van der Waals surface area contributed by atoms with E-state index in [9.17, 15) is 0 Å². The van der Waals surface area contributed by atoms with Gasteiger partial charge in [0, 0.05) is 48.2 Å². The zero-order valence-corrected chi connectivity index (χ0v) is 19.3. The number of fused-ring (bicyclic) bond motifs is 2. The maximum absolute atomic E-state index is 6.17. The molecule has 7 heteroatoms. The first-order valence-corrected chi connectivity index (χ1v) is 11.7. The van der Waals surface area contributed by atoms with E-state index in [4.69, 9.17) is 15.5 Å². The lowest BCUT2D eigenvalue weighted by molar-refractivity contribution is 0.0342. The van der Waals surface area contributed by atoms with Gasteiger partial charge in [-0.2, -0.15) is 0 Å². The fourth-order valence-corrected chi connectivity index (χ4v) is 4.69. The zero-order valence-electron chi connectivity index (χ0n) is 19.3. The van der Waals surface area contributed by atoms with Crippen LogP contribution in [-0.2, 0) is 17.7 Å². The topological polar surface area (TPSA) is 95.8 Å². The van der Waals surface area contributed by atoms with E-state index in [1.807, 2.05) is 6.07 Å². The summed E-state index contributed by atoms with van der Waals surface area (Å²) in [6.45, 7) is 6.62. The second-order valence-corrected chi connectivity index (χ2v) is 9.13. The van der Waals surface area contributed by atoms with Crippen molar-refractivity contribution in [2.75, 3.05) is 32.0 Å². The minimum Gasteiger partial charge on any atom is -0.384 e. The van der Waals surface area contributed by atoms with Crippen molar-refractivity contribution in [2.24, 2.45) is 0 Å². The lowest BCUT2D eigenvalue weighted by Crippen LogP contribution is -2.35. The minimum atomic E-state index is 0.461. The van der Waals surface area contributed by atoms with E-state index in [0.29, 0.717) is 17.9 Å². The molecule has 4 heterocycles. The number of nitrogens with one attached hydrogen (secondary N) is 2. The average molecular weight is 453 g/mol. The standard InChI is InChI=1S/C27H28N6O/c1-17-2-4-18(5-3-17)13-25-31-26-21(15-24(28)30-27(26)32-25)23-14-20-12-19(6-7-22(20)29-23)16-33-8-10-34-11-9-33/h2-7,12,14-15,29H,8-11,13,16H2,1H3,(H3,28,30,31,32). The number of ether oxygens (including phenoxy) is 1. The molecule has 1 fully saturated rings. The summed E-state index contributed by atoms with van der Waals surface area (Å²) < 4.78 is 5.47. The minimum absolute atomic E-state index is 0.461. The molecule has 7 nitrogen and oxygen atoms in total. The molecule has 4 N–H and O–H groups in total. The second kappa shape index (κ2) is 8.59. The van der Waals surface area contributed by atoms with Crippen molar-refractivity contribution >= 4 is 27.9 Å². The number of hydrogen-bond donors (Lipinski definition) is 3. The number of rotatable bonds is 5. The molecule has 0 bridgehead atoms. The maximum Gasteiger partial charge on any atom is 0.180 e. The van der Waals surface area contributed by atoms with E-state index in [-0.39, 0.29) is 0 Å². The van der Waals surface area contributed by atoms with Crippen LogP contribution in [0.4, 0.5) is 5.82 Å².